The molecule has 1 fully saturated rings. The van der Waals surface area contributed by atoms with Crippen molar-refractivity contribution in [1.82, 2.24) is 10.6 Å². The molecule has 1 saturated heterocycles. The first-order valence-electron chi connectivity index (χ1n) is 8.85. The molecule has 0 aromatic heterocycles. The lowest BCUT2D eigenvalue weighted by atomic mass is 10.1. The van der Waals surface area contributed by atoms with Gasteiger partial charge in [-0.1, -0.05) is 6.07 Å². The molecule has 2 aromatic carbocycles. The Morgan fingerprint density at radius 1 is 1.22 bits per heavy atom. The fourth-order valence-corrected chi connectivity index (χ4v) is 3.92. The molecule has 1 aliphatic rings. The summed E-state index contributed by atoms with van der Waals surface area (Å²) in [7, 11) is -3.76. The molecule has 7 nitrogen and oxygen atoms in total. The van der Waals surface area contributed by atoms with Gasteiger partial charge in [0.25, 0.3) is 15.9 Å². The first-order valence-corrected chi connectivity index (χ1v) is 10.3. The van der Waals surface area contributed by atoms with Crippen molar-refractivity contribution in [2.24, 2.45) is 0 Å². The zero-order valence-corrected chi connectivity index (χ0v) is 15.9. The Labute approximate surface area is 159 Å². The van der Waals surface area contributed by atoms with E-state index in [4.69, 9.17) is 4.74 Å². The molecule has 144 valence electrons. The summed E-state index contributed by atoms with van der Waals surface area (Å²) in [5.74, 6) is 0.391. The molecule has 1 aliphatic heterocycles. The molecular formula is C19H23N3O4S. The number of anilines is 1. The third kappa shape index (κ3) is 4.99. The van der Waals surface area contributed by atoms with E-state index in [9.17, 15) is 13.2 Å². The molecule has 8 heteroatoms. The van der Waals surface area contributed by atoms with Gasteiger partial charge in [0, 0.05) is 23.8 Å². The highest BCUT2D eigenvalue weighted by molar-refractivity contribution is 7.92. The van der Waals surface area contributed by atoms with E-state index in [1.165, 1.54) is 18.2 Å². The lowest BCUT2D eigenvalue weighted by Gasteiger charge is -2.13. The van der Waals surface area contributed by atoms with Crippen molar-refractivity contribution in [2.75, 3.05) is 24.4 Å². The second-order valence-corrected chi connectivity index (χ2v) is 7.94. The van der Waals surface area contributed by atoms with Gasteiger partial charge in [0.05, 0.1) is 11.5 Å². The van der Waals surface area contributed by atoms with E-state index >= 15 is 0 Å². The third-order valence-electron chi connectivity index (χ3n) is 4.22. The Morgan fingerprint density at radius 3 is 2.67 bits per heavy atom. The third-order valence-corrected chi connectivity index (χ3v) is 5.61. The SMILES string of the molecule is CCOc1ccc(S(=O)(=O)Nc2cccc(C(=O)NC3CCNC3)c2)cc1. The molecular weight excluding hydrogens is 366 g/mol. The van der Waals surface area contributed by atoms with Crippen LogP contribution in [0.25, 0.3) is 0 Å². The molecule has 2 aromatic rings. The van der Waals surface area contributed by atoms with Crippen LogP contribution in [-0.2, 0) is 10.0 Å². The van der Waals surface area contributed by atoms with Gasteiger partial charge in [0.1, 0.15) is 5.75 Å². The predicted octanol–water partition coefficient (Wildman–Crippen LogP) is 1.98. The summed E-state index contributed by atoms with van der Waals surface area (Å²) in [5.41, 5.74) is 0.745. The molecule has 1 unspecified atom stereocenters. The summed E-state index contributed by atoms with van der Waals surface area (Å²) in [5, 5.41) is 6.13. The molecule has 3 rings (SSSR count). The van der Waals surface area contributed by atoms with E-state index in [2.05, 4.69) is 15.4 Å². The summed E-state index contributed by atoms with van der Waals surface area (Å²) in [6, 6.07) is 12.7. The number of sulfonamides is 1. The van der Waals surface area contributed by atoms with E-state index in [0.717, 1.165) is 19.5 Å². The fraction of sp³-hybridized carbons (Fsp3) is 0.316. The highest BCUT2D eigenvalue weighted by Crippen LogP contribution is 2.20. The van der Waals surface area contributed by atoms with Crippen molar-refractivity contribution in [1.29, 1.82) is 0 Å². The average Bonchev–Trinajstić information content (AvgIpc) is 3.15. The number of carbonyl (C=O) groups excluding carboxylic acids is 1. The highest BCUT2D eigenvalue weighted by Gasteiger charge is 2.19. The minimum absolute atomic E-state index is 0.0988. The van der Waals surface area contributed by atoms with Crippen molar-refractivity contribution in [3.8, 4) is 5.75 Å². The maximum atomic E-state index is 12.6. The summed E-state index contributed by atoms with van der Waals surface area (Å²) < 4.78 is 33.0. The lowest BCUT2D eigenvalue weighted by Crippen LogP contribution is -2.36. The number of benzene rings is 2. The molecule has 0 saturated carbocycles. The lowest BCUT2D eigenvalue weighted by molar-refractivity contribution is 0.0940. The van der Waals surface area contributed by atoms with Crippen LogP contribution in [0.3, 0.4) is 0 Å². The minimum Gasteiger partial charge on any atom is -0.494 e. The van der Waals surface area contributed by atoms with Crippen LogP contribution in [0.15, 0.2) is 53.4 Å². The van der Waals surface area contributed by atoms with Crippen LogP contribution in [-0.4, -0.2) is 40.1 Å². The van der Waals surface area contributed by atoms with Gasteiger partial charge in [-0.25, -0.2) is 8.42 Å². The summed E-state index contributed by atoms with van der Waals surface area (Å²) in [4.78, 5) is 12.5. The number of ether oxygens (including phenoxy) is 1. The molecule has 1 amide bonds. The normalized spacial score (nSPS) is 16.7. The second kappa shape index (κ2) is 8.41. The zero-order chi connectivity index (χ0) is 19.3. The number of carbonyl (C=O) groups is 1. The van der Waals surface area contributed by atoms with Crippen molar-refractivity contribution in [3.63, 3.8) is 0 Å². The van der Waals surface area contributed by atoms with Gasteiger partial charge < -0.3 is 15.4 Å². The molecule has 0 spiro atoms. The fourth-order valence-electron chi connectivity index (χ4n) is 2.87. The molecule has 27 heavy (non-hydrogen) atoms. The number of amides is 1. The first kappa shape index (κ1) is 19.2. The summed E-state index contributed by atoms with van der Waals surface area (Å²) in [6.45, 7) is 4.00. The zero-order valence-electron chi connectivity index (χ0n) is 15.1. The molecule has 1 heterocycles. The van der Waals surface area contributed by atoms with Crippen LogP contribution in [0.5, 0.6) is 5.75 Å². The van der Waals surface area contributed by atoms with Crippen molar-refractivity contribution >= 4 is 21.6 Å². The second-order valence-electron chi connectivity index (χ2n) is 6.25. The maximum Gasteiger partial charge on any atom is 0.261 e. The van der Waals surface area contributed by atoms with E-state index in [-0.39, 0.29) is 16.8 Å². The van der Waals surface area contributed by atoms with Gasteiger partial charge in [0.2, 0.25) is 0 Å². The van der Waals surface area contributed by atoms with Gasteiger partial charge >= 0.3 is 0 Å². The standard InChI is InChI=1S/C19H23N3O4S/c1-2-26-17-6-8-18(9-7-17)27(24,25)22-15-5-3-4-14(12-15)19(23)21-16-10-11-20-13-16/h3-9,12,16,20,22H,2,10-11,13H2,1H3,(H,21,23). The Balaban J connectivity index is 1.71. The first-order chi connectivity index (χ1) is 13.0. The molecule has 0 bridgehead atoms. The van der Waals surface area contributed by atoms with Gasteiger partial charge in [-0.3, -0.25) is 9.52 Å². The largest absolute Gasteiger partial charge is 0.494 e. The van der Waals surface area contributed by atoms with Crippen LogP contribution in [0.2, 0.25) is 0 Å². The van der Waals surface area contributed by atoms with E-state index < -0.39 is 10.0 Å². The Hall–Kier alpha value is -2.58. The number of nitrogens with one attached hydrogen (secondary N) is 3. The van der Waals surface area contributed by atoms with E-state index in [0.29, 0.717) is 23.6 Å². The van der Waals surface area contributed by atoms with Gasteiger partial charge in [-0.15, -0.1) is 0 Å². The molecule has 0 radical (unpaired) electrons. The molecule has 3 N–H and O–H groups in total. The van der Waals surface area contributed by atoms with Crippen molar-refractivity contribution in [3.05, 3.63) is 54.1 Å². The Morgan fingerprint density at radius 2 is 2.00 bits per heavy atom. The summed E-state index contributed by atoms with van der Waals surface area (Å²) in [6.07, 6.45) is 0.885. The summed E-state index contributed by atoms with van der Waals surface area (Å²) >= 11 is 0. The van der Waals surface area contributed by atoms with Crippen LogP contribution in [0, 0.1) is 0 Å². The van der Waals surface area contributed by atoms with Gasteiger partial charge in [-0.2, -0.15) is 0 Å². The number of hydrogen-bond donors (Lipinski definition) is 3. The van der Waals surface area contributed by atoms with Crippen molar-refractivity contribution < 1.29 is 17.9 Å². The smallest absolute Gasteiger partial charge is 0.261 e. The highest BCUT2D eigenvalue weighted by atomic mass is 32.2. The molecule has 0 aliphatic carbocycles. The maximum absolute atomic E-state index is 12.6. The van der Waals surface area contributed by atoms with Crippen LogP contribution in [0.1, 0.15) is 23.7 Å². The predicted molar refractivity (Wildman–Crippen MR) is 104 cm³/mol. The van der Waals surface area contributed by atoms with Gasteiger partial charge in [0.15, 0.2) is 0 Å². The van der Waals surface area contributed by atoms with Crippen molar-refractivity contribution in [2.45, 2.75) is 24.3 Å². The number of hydrogen-bond acceptors (Lipinski definition) is 5. The topological polar surface area (TPSA) is 96.5 Å². The number of rotatable bonds is 7. The molecule has 1 atom stereocenters. The Kier molecular flexibility index (Phi) is 5.98. The van der Waals surface area contributed by atoms with Gasteiger partial charge in [-0.05, 0) is 62.4 Å². The minimum atomic E-state index is -3.76. The Bertz CT molecular complexity index is 891. The quantitative estimate of drug-likeness (QED) is 0.673. The van der Waals surface area contributed by atoms with E-state index in [1.807, 2.05) is 6.92 Å². The van der Waals surface area contributed by atoms with E-state index in [1.54, 1.807) is 30.3 Å². The monoisotopic (exact) mass is 389 g/mol. The van der Waals surface area contributed by atoms with Crippen LogP contribution < -0.4 is 20.1 Å². The van der Waals surface area contributed by atoms with Crippen LogP contribution >= 0.6 is 0 Å². The van der Waals surface area contributed by atoms with Crippen LogP contribution in [0.4, 0.5) is 5.69 Å². The average molecular weight is 389 g/mol.